The van der Waals surface area contributed by atoms with Gasteiger partial charge in [-0.2, -0.15) is 0 Å². The Balaban J connectivity index is 2.10. The van der Waals surface area contributed by atoms with Crippen LogP contribution in [0.25, 0.3) is 0 Å². The van der Waals surface area contributed by atoms with Crippen LogP contribution in [0.5, 0.6) is 0 Å². The van der Waals surface area contributed by atoms with E-state index < -0.39 is 0 Å². The molecule has 3 atom stereocenters. The van der Waals surface area contributed by atoms with Gasteiger partial charge in [-0.15, -0.1) is 0 Å². The van der Waals surface area contributed by atoms with E-state index in [0.29, 0.717) is 6.04 Å². The van der Waals surface area contributed by atoms with Crippen LogP contribution in [-0.2, 0) is 6.42 Å². The Morgan fingerprint density at radius 2 is 2.05 bits per heavy atom. The second-order valence-corrected chi connectivity index (χ2v) is 6.83. The third-order valence-corrected chi connectivity index (χ3v) is 4.96. The van der Waals surface area contributed by atoms with Crippen LogP contribution >= 0.6 is 0 Å². The molecule has 1 aromatic rings. The lowest BCUT2D eigenvalue weighted by Gasteiger charge is -2.34. The van der Waals surface area contributed by atoms with Gasteiger partial charge in [-0.1, -0.05) is 50.5 Å². The van der Waals surface area contributed by atoms with Crippen molar-refractivity contribution < 1.29 is 0 Å². The summed E-state index contributed by atoms with van der Waals surface area (Å²) in [6.45, 7) is 10.2. The van der Waals surface area contributed by atoms with Crippen molar-refractivity contribution in [3.8, 4) is 0 Å². The van der Waals surface area contributed by atoms with Crippen LogP contribution in [0.1, 0.15) is 56.2 Å². The molecule has 20 heavy (non-hydrogen) atoms. The van der Waals surface area contributed by atoms with Gasteiger partial charge in [-0.05, 0) is 62.6 Å². The number of nitrogens with one attached hydrogen (secondary N) is 1. The fourth-order valence-corrected chi connectivity index (χ4v) is 3.77. The monoisotopic (exact) mass is 273 g/mol. The smallest absolute Gasteiger partial charge is 0.0136 e. The van der Waals surface area contributed by atoms with E-state index in [0.717, 1.165) is 18.4 Å². The Morgan fingerprint density at radius 3 is 2.75 bits per heavy atom. The highest BCUT2D eigenvalue weighted by Gasteiger charge is 2.26. The van der Waals surface area contributed by atoms with Crippen LogP contribution in [0.15, 0.2) is 18.2 Å². The van der Waals surface area contributed by atoms with E-state index in [-0.39, 0.29) is 0 Å². The minimum absolute atomic E-state index is 0.656. The average Bonchev–Trinajstić information content (AvgIpc) is 2.42. The van der Waals surface area contributed by atoms with Crippen LogP contribution in [0.4, 0.5) is 0 Å². The molecular weight excluding hydrogens is 242 g/mol. The zero-order valence-electron chi connectivity index (χ0n) is 13.7. The summed E-state index contributed by atoms with van der Waals surface area (Å²) >= 11 is 0. The zero-order valence-corrected chi connectivity index (χ0v) is 13.7. The van der Waals surface area contributed by atoms with Gasteiger partial charge in [-0.25, -0.2) is 0 Å². The maximum absolute atomic E-state index is 3.77. The summed E-state index contributed by atoms with van der Waals surface area (Å²) in [5.41, 5.74) is 4.37. The van der Waals surface area contributed by atoms with E-state index in [9.17, 15) is 0 Å². The highest BCUT2D eigenvalue weighted by atomic mass is 14.9. The molecule has 0 radical (unpaired) electrons. The maximum Gasteiger partial charge on any atom is 0.0136 e. The molecular formula is C19H31N. The second-order valence-electron chi connectivity index (χ2n) is 6.83. The molecule has 1 aromatic carbocycles. The molecule has 0 spiro atoms. The number of hydrogen-bond donors (Lipinski definition) is 1. The lowest BCUT2D eigenvalue weighted by molar-refractivity contribution is 0.222. The van der Waals surface area contributed by atoms with Gasteiger partial charge in [-0.3, -0.25) is 0 Å². The predicted octanol–water partition coefficient (Wildman–Crippen LogP) is 4.65. The van der Waals surface area contributed by atoms with Gasteiger partial charge in [0, 0.05) is 6.04 Å². The molecule has 0 saturated heterocycles. The molecule has 0 bridgehead atoms. The van der Waals surface area contributed by atoms with E-state index in [1.807, 2.05) is 0 Å². The largest absolute Gasteiger partial charge is 0.314 e. The maximum atomic E-state index is 3.77. The lowest BCUT2D eigenvalue weighted by atomic mass is 9.76. The summed E-state index contributed by atoms with van der Waals surface area (Å²) in [5, 5.41) is 3.77. The first-order valence-electron chi connectivity index (χ1n) is 8.39. The molecule has 0 heterocycles. The third kappa shape index (κ3) is 4.09. The van der Waals surface area contributed by atoms with Crippen molar-refractivity contribution in [2.24, 2.45) is 11.8 Å². The van der Waals surface area contributed by atoms with E-state index in [2.05, 4.69) is 51.2 Å². The SMILES string of the molecule is CCNC(Cc1cc(C)ccc1C)C1CCCC(C)C1. The van der Waals surface area contributed by atoms with Crippen molar-refractivity contribution in [3.63, 3.8) is 0 Å². The van der Waals surface area contributed by atoms with E-state index in [4.69, 9.17) is 0 Å². The molecule has 0 aliphatic heterocycles. The van der Waals surface area contributed by atoms with Gasteiger partial charge in [0.25, 0.3) is 0 Å². The van der Waals surface area contributed by atoms with Crippen molar-refractivity contribution in [1.82, 2.24) is 5.32 Å². The van der Waals surface area contributed by atoms with Gasteiger partial charge < -0.3 is 5.32 Å². The summed E-state index contributed by atoms with van der Waals surface area (Å²) in [4.78, 5) is 0. The Labute approximate surface area is 125 Å². The van der Waals surface area contributed by atoms with Crippen LogP contribution in [0.2, 0.25) is 0 Å². The van der Waals surface area contributed by atoms with Gasteiger partial charge in [0.1, 0.15) is 0 Å². The number of rotatable bonds is 5. The molecule has 1 saturated carbocycles. The molecule has 1 N–H and O–H groups in total. The third-order valence-electron chi connectivity index (χ3n) is 4.96. The Hall–Kier alpha value is -0.820. The highest BCUT2D eigenvalue weighted by molar-refractivity contribution is 5.31. The second kappa shape index (κ2) is 7.26. The van der Waals surface area contributed by atoms with Crippen LogP contribution < -0.4 is 5.32 Å². The van der Waals surface area contributed by atoms with Crippen molar-refractivity contribution in [2.45, 2.75) is 65.8 Å². The van der Waals surface area contributed by atoms with Crippen molar-refractivity contribution in [2.75, 3.05) is 6.54 Å². The fraction of sp³-hybridized carbons (Fsp3) is 0.684. The first kappa shape index (κ1) is 15.6. The molecule has 1 nitrogen and oxygen atoms in total. The van der Waals surface area contributed by atoms with Gasteiger partial charge >= 0.3 is 0 Å². The van der Waals surface area contributed by atoms with Crippen LogP contribution in [-0.4, -0.2) is 12.6 Å². The average molecular weight is 273 g/mol. The molecule has 1 aliphatic carbocycles. The summed E-state index contributed by atoms with van der Waals surface area (Å²) in [6, 6.07) is 7.54. The molecule has 1 heteroatoms. The lowest BCUT2D eigenvalue weighted by Crippen LogP contribution is -2.40. The Bertz CT molecular complexity index is 424. The van der Waals surface area contributed by atoms with E-state index in [1.54, 1.807) is 0 Å². The predicted molar refractivity (Wildman–Crippen MR) is 88.2 cm³/mol. The normalized spacial score (nSPS) is 24.6. The van der Waals surface area contributed by atoms with Crippen molar-refractivity contribution >= 4 is 0 Å². The topological polar surface area (TPSA) is 12.0 Å². The molecule has 1 fully saturated rings. The summed E-state index contributed by atoms with van der Waals surface area (Å²) in [5.74, 6) is 1.77. The molecule has 1 aliphatic rings. The fourth-order valence-electron chi connectivity index (χ4n) is 3.77. The quantitative estimate of drug-likeness (QED) is 0.823. The van der Waals surface area contributed by atoms with Gasteiger partial charge in [0.05, 0.1) is 0 Å². The molecule has 112 valence electrons. The summed E-state index contributed by atoms with van der Waals surface area (Å²) in [7, 11) is 0. The number of likely N-dealkylation sites (N-methyl/N-ethyl adjacent to an activating group) is 1. The number of aryl methyl sites for hydroxylation is 2. The zero-order chi connectivity index (χ0) is 14.5. The Morgan fingerprint density at radius 1 is 1.25 bits per heavy atom. The number of benzene rings is 1. The first-order valence-corrected chi connectivity index (χ1v) is 8.39. The summed E-state index contributed by atoms with van der Waals surface area (Å²) in [6.07, 6.45) is 6.85. The van der Waals surface area contributed by atoms with Crippen molar-refractivity contribution in [3.05, 3.63) is 34.9 Å². The summed E-state index contributed by atoms with van der Waals surface area (Å²) < 4.78 is 0. The molecule has 0 amide bonds. The first-order chi connectivity index (χ1) is 9.60. The minimum atomic E-state index is 0.656. The van der Waals surface area contributed by atoms with E-state index in [1.165, 1.54) is 48.8 Å². The van der Waals surface area contributed by atoms with Gasteiger partial charge in [0.15, 0.2) is 0 Å². The minimum Gasteiger partial charge on any atom is -0.314 e. The highest BCUT2D eigenvalue weighted by Crippen LogP contribution is 2.32. The van der Waals surface area contributed by atoms with Gasteiger partial charge in [0.2, 0.25) is 0 Å². The number of hydrogen-bond acceptors (Lipinski definition) is 1. The molecule has 2 rings (SSSR count). The van der Waals surface area contributed by atoms with E-state index >= 15 is 0 Å². The van der Waals surface area contributed by atoms with Crippen LogP contribution in [0.3, 0.4) is 0 Å². The Kier molecular flexibility index (Phi) is 5.65. The standard InChI is InChI=1S/C19H31N/c1-5-20-19(17-8-6-7-14(2)11-17)13-18-12-15(3)9-10-16(18)4/h9-10,12,14,17,19-20H,5-8,11,13H2,1-4H3. The van der Waals surface area contributed by atoms with Crippen LogP contribution in [0, 0.1) is 25.7 Å². The molecule has 3 unspecified atom stereocenters. The molecule has 0 aromatic heterocycles. The van der Waals surface area contributed by atoms with Crippen molar-refractivity contribution in [1.29, 1.82) is 0 Å².